The molecular formula is C27H24FNO4. The van der Waals surface area contributed by atoms with Crippen molar-refractivity contribution in [2.45, 2.75) is 26.3 Å². The second-order valence-electron chi connectivity index (χ2n) is 7.85. The van der Waals surface area contributed by atoms with Crippen molar-refractivity contribution in [3.8, 4) is 5.75 Å². The average molecular weight is 445 g/mol. The third kappa shape index (κ3) is 4.12. The van der Waals surface area contributed by atoms with Gasteiger partial charge in [-0.05, 0) is 55.3 Å². The molecule has 0 radical (unpaired) electrons. The van der Waals surface area contributed by atoms with Crippen LogP contribution in [0.2, 0.25) is 0 Å². The molecule has 0 bridgehead atoms. The van der Waals surface area contributed by atoms with Crippen LogP contribution in [0.1, 0.15) is 36.1 Å². The standard InChI is InChI=1S/C27H24FNO4/c1-3-16-33-19-14-12-18(13-15-19)25(30)23-24(20-9-5-6-10-21(20)28)29(27(32)26(23)31)22-11-7-4-8-17(22)2/h4-15,24,30H,3,16H2,1-2H3/b25-23+. The fourth-order valence-electron chi connectivity index (χ4n) is 3.99. The normalized spacial score (nSPS) is 17.4. The van der Waals surface area contributed by atoms with Crippen LogP contribution >= 0.6 is 0 Å². The van der Waals surface area contributed by atoms with Gasteiger partial charge < -0.3 is 9.84 Å². The number of carbonyl (C=O) groups excluding carboxylic acids is 2. The summed E-state index contributed by atoms with van der Waals surface area (Å²) in [5, 5.41) is 11.1. The number of carbonyl (C=O) groups is 2. The van der Waals surface area contributed by atoms with Crippen molar-refractivity contribution in [2.24, 2.45) is 0 Å². The van der Waals surface area contributed by atoms with Crippen molar-refractivity contribution in [2.75, 3.05) is 11.5 Å². The third-order valence-corrected chi connectivity index (χ3v) is 5.62. The van der Waals surface area contributed by atoms with Crippen LogP contribution in [-0.2, 0) is 9.59 Å². The Balaban J connectivity index is 1.88. The lowest BCUT2D eigenvalue weighted by Gasteiger charge is -2.27. The van der Waals surface area contributed by atoms with Gasteiger partial charge in [-0.25, -0.2) is 4.39 Å². The van der Waals surface area contributed by atoms with Gasteiger partial charge in [0.25, 0.3) is 11.7 Å². The smallest absolute Gasteiger partial charge is 0.300 e. The summed E-state index contributed by atoms with van der Waals surface area (Å²) in [6.07, 6.45) is 0.854. The molecule has 168 valence electrons. The first kappa shape index (κ1) is 22.3. The quantitative estimate of drug-likeness (QED) is 0.307. The average Bonchev–Trinajstić information content (AvgIpc) is 3.08. The number of amides is 1. The van der Waals surface area contributed by atoms with E-state index in [1.807, 2.05) is 26.0 Å². The van der Waals surface area contributed by atoms with Gasteiger partial charge in [-0.3, -0.25) is 14.5 Å². The minimum absolute atomic E-state index is 0.129. The summed E-state index contributed by atoms with van der Waals surface area (Å²) in [6.45, 7) is 4.36. The van der Waals surface area contributed by atoms with Gasteiger partial charge in [0, 0.05) is 16.8 Å². The molecule has 1 heterocycles. The molecule has 1 saturated heterocycles. The summed E-state index contributed by atoms with van der Waals surface area (Å²) < 4.78 is 20.5. The second-order valence-corrected chi connectivity index (χ2v) is 7.85. The number of aliphatic hydroxyl groups is 1. The van der Waals surface area contributed by atoms with Crippen molar-refractivity contribution in [1.29, 1.82) is 0 Å². The Bertz CT molecular complexity index is 1230. The Morgan fingerprint density at radius 3 is 2.33 bits per heavy atom. The molecule has 1 N–H and O–H groups in total. The highest BCUT2D eigenvalue weighted by Gasteiger charge is 2.48. The van der Waals surface area contributed by atoms with Crippen LogP contribution in [0.3, 0.4) is 0 Å². The minimum atomic E-state index is -1.11. The number of hydrogen-bond donors (Lipinski definition) is 1. The SMILES string of the molecule is CCCOc1ccc(/C(O)=C2\C(=O)C(=O)N(c3ccccc3C)C2c2ccccc2F)cc1. The van der Waals surface area contributed by atoms with Crippen molar-refractivity contribution in [3.05, 3.63) is 101 Å². The van der Waals surface area contributed by atoms with Crippen molar-refractivity contribution in [3.63, 3.8) is 0 Å². The van der Waals surface area contributed by atoms with Gasteiger partial charge in [-0.2, -0.15) is 0 Å². The number of aryl methyl sites for hydroxylation is 1. The number of benzene rings is 3. The molecule has 5 nitrogen and oxygen atoms in total. The molecule has 1 aliphatic heterocycles. The number of rotatable bonds is 6. The molecular weight excluding hydrogens is 421 g/mol. The molecule has 1 aliphatic rings. The molecule has 0 aliphatic carbocycles. The van der Waals surface area contributed by atoms with E-state index in [1.54, 1.807) is 42.5 Å². The van der Waals surface area contributed by atoms with Crippen LogP contribution in [0, 0.1) is 12.7 Å². The van der Waals surface area contributed by atoms with E-state index in [4.69, 9.17) is 4.74 Å². The fourth-order valence-corrected chi connectivity index (χ4v) is 3.99. The predicted octanol–water partition coefficient (Wildman–Crippen LogP) is 5.55. The fraction of sp³-hybridized carbons (Fsp3) is 0.185. The van der Waals surface area contributed by atoms with Crippen LogP contribution in [0.25, 0.3) is 5.76 Å². The number of anilines is 1. The number of para-hydroxylation sites is 1. The Hall–Kier alpha value is -3.93. The number of aliphatic hydroxyl groups excluding tert-OH is 1. The molecule has 1 amide bonds. The van der Waals surface area contributed by atoms with Gasteiger partial charge in [0.2, 0.25) is 0 Å². The second kappa shape index (κ2) is 9.28. The largest absolute Gasteiger partial charge is 0.507 e. The zero-order valence-corrected chi connectivity index (χ0v) is 18.4. The van der Waals surface area contributed by atoms with Gasteiger partial charge in [-0.15, -0.1) is 0 Å². The zero-order chi connectivity index (χ0) is 23.5. The van der Waals surface area contributed by atoms with E-state index in [1.165, 1.54) is 23.1 Å². The first-order valence-corrected chi connectivity index (χ1v) is 10.8. The van der Waals surface area contributed by atoms with Crippen LogP contribution in [0.5, 0.6) is 5.75 Å². The zero-order valence-electron chi connectivity index (χ0n) is 18.4. The molecule has 3 aromatic carbocycles. The number of halogens is 1. The first-order valence-electron chi connectivity index (χ1n) is 10.8. The van der Waals surface area contributed by atoms with Gasteiger partial charge in [0.1, 0.15) is 17.3 Å². The van der Waals surface area contributed by atoms with E-state index in [2.05, 4.69) is 0 Å². The summed E-state index contributed by atoms with van der Waals surface area (Å²) in [4.78, 5) is 27.6. The van der Waals surface area contributed by atoms with Gasteiger partial charge in [0.15, 0.2) is 0 Å². The molecule has 4 rings (SSSR count). The summed E-state index contributed by atoms with van der Waals surface area (Å²) >= 11 is 0. The number of nitrogens with zero attached hydrogens (tertiary/aromatic N) is 1. The lowest BCUT2D eigenvalue weighted by Crippen LogP contribution is -2.30. The van der Waals surface area contributed by atoms with E-state index in [0.717, 1.165) is 12.0 Å². The molecule has 1 unspecified atom stereocenters. The third-order valence-electron chi connectivity index (χ3n) is 5.62. The Kier molecular flexibility index (Phi) is 6.27. The van der Waals surface area contributed by atoms with Crippen molar-refractivity contribution >= 4 is 23.1 Å². The highest BCUT2D eigenvalue weighted by atomic mass is 19.1. The van der Waals surface area contributed by atoms with Crippen molar-refractivity contribution < 1.29 is 23.8 Å². The van der Waals surface area contributed by atoms with Gasteiger partial charge >= 0.3 is 0 Å². The summed E-state index contributed by atoms with van der Waals surface area (Å²) in [5.74, 6) is -1.99. The Morgan fingerprint density at radius 1 is 1.00 bits per heavy atom. The highest BCUT2D eigenvalue weighted by molar-refractivity contribution is 6.51. The lowest BCUT2D eigenvalue weighted by molar-refractivity contribution is -0.132. The van der Waals surface area contributed by atoms with Crippen LogP contribution in [0.15, 0.2) is 78.4 Å². The Morgan fingerprint density at radius 2 is 1.67 bits per heavy atom. The monoisotopic (exact) mass is 445 g/mol. The number of ketones is 1. The Labute approximate surface area is 191 Å². The summed E-state index contributed by atoms with van der Waals surface area (Å²) in [7, 11) is 0. The first-order chi connectivity index (χ1) is 15.9. The van der Waals surface area contributed by atoms with E-state index in [0.29, 0.717) is 23.6 Å². The molecule has 6 heteroatoms. The summed E-state index contributed by atoms with van der Waals surface area (Å²) in [6, 6.07) is 18.5. The van der Waals surface area contributed by atoms with Crippen LogP contribution < -0.4 is 9.64 Å². The molecule has 0 aromatic heterocycles. The van der Waals surface area contributed by atoms with Gasteiger partial charge in [-0.1, -0.05) is 43.3 Å². The van der Waals surface area contributed by atoms with Crippen LogP contribution in [-0.4, -0.2) is 23.4 Å². The molecule has 0 spiro atoms. The molecule has 1 atom stereocenters. The molecule has 33 heavy (non-hydrogen) atoms. The number of Topliss-reactive ketones (excluding diaryl/α,β-unsaturated/α-hetero) is 1. The van der Waals surface area contributed by atoms with Crippen molar-refractivity contribution in [1.82, 2.24) is 0 Å². The molecule has 3 aromatic rings. The van der Waals surface area contributed by atoms with E-state index in [-0.39, 0.29) is 16.9 Å². The van der Waals surface area contributed by atoms with E-state index in [9.17, 15) is 19.1 Å². The summed E-state index contributed by atoms with van der Waals surface area (Å²) in [5.41, 5.74) is 1.54. The van der Waals surface area contributed by atoms with E-state index < -0.39 is 23.5 Å². The predicted molar refractivity (Wildman–Crippen MR) is 125 cm³/mol. The van der Waals surface area contributed by atoms with Crippen LogP contribution in [0.4, 0.5) is 10.1 Å². The van der Waals surface area contributed by atoms with Gasteiger partial charge in [0.05, 0.1) is 18.2 Å². The highest BCUT2D eigenvalue weighted by Crippen LogP contribution is 2.43. The number of ether oxygens (including phenoxy) is 1. The topological polar surface area (TPSA) is 66.8 Å². The maximum absolute atomic E-state index is 14.9. The lowest BCUT2D eigenvalue weighted by atomic mass is 9.94. The maximum Gasteiger partial charge on any atom is 0.300 e. The maximum atomic E-state index is 14.9. The molecule has 1 fully saturated rings. The number of hydrogen-bond acceptors (Lipinski definition) is 4. The van der Waals surface area contributed by atoms with E-state index >= 15 is 0 Å². The molecule has 0 saturated carbocycles. The minimum Gasteiger partial charge on any atom is -0.507 e.